The van der Waals surface area contributed by atoms with Crippen LogP contribution in [0.3, 0.4) is 0 Å². The van der Waals surface area contributed by atoms with Gasteiger partial charge in [0.15, 0.2) is 17.0 Å². The van der Waals surface area contributed by atoms with Crippen molar-refractivity contribution >= 4 is 27.8 Å². The maximum atomic E-state index is 9.89. The quantitative estimate of drug-likeness (QED) is 0.436. The average Bonchev–Trinajstić information content (AvgIpc) is 3.28. The van der Waals surface area contributed by atoms with Crippen molar-refractivity contribution in [2.45, 2.75) is 18.9 Å². The third-order valence-corrected chi connectivity index (χ3v) is 5.79. The molecule has 3 heterocycles. The number of aliphatic hydroxyl groups is 1. The normalized spacial score (nSPS) is 19.4. The number of benzene rings is 2. The van der Waals surface area contributed by atoms with Crippen molar-refractivity contribution in [1.82, 2.24) is 24.4 Å². The van der Waals surface area contributed by atoms with Gasteiger partial charge in [0.1, 0.15) is 12.6 Å². The molecule has 0 radical (unpaired) electrons. The third-order valence-electron chi connectivity index (χ3n) is 5.79. The molecule has 1 aliphatic heterocycles. The van der Waals surface area contributed by atoms with Gasteiger partial charge in [-0.25, -0.2) is 15.0 Å². The molecule has 4 aromatic rings. The second-order valence-electron chi connectivity index (χ2n) is 7.94. The summed E-state index contributed by atoms with van der Waals surface area (Å²) in [5, 5.41) is 15.6. The first kappa shape index (κ1) is 20.6. The lowest BCUT2D eigenvalue weighted by atomic mass is 10.0. The number of aliphatic hydroxyl groups excluding tert-OH is 1. The summed E-state index contributed by atoms with van der Waals surface area (Å²) in [5.41, 5.74) is 2.64. The summed E-state index contributed by atoms with van der Waals surface area (Å²) in [6.07, 6.45) is 4.42. The Balaban J connectivity index is 1.43. The van der Waals surface area contributed by atoms with Gasteiger partial charge < -0.3 is 15.2 Å². The van der Waals surface area contributed by atoms with E-state index in [0.29, 0.717) is 36.6 Å². The summed E-state index contributed by atoms with van der Waals surface area (Å²) in [5.74, 6) is 0.663. The molecule has 0 bridgehead atoms. The van der Waals surface area contributed by atoms with Crippen molar-refractivity contribution in [3.05, 3.63) is 73.3 Å². The van der Waals surface area contributed by atoms with E-state index in [1.54, 1.807) is 12.4 Å². The van der Waals surface area contributed by atoms with Gasteiger partial charge in [-0.15, -0.1) is 6.58 Å². The molecule has 0 saturated carbocycles. The van der Waals surface area contributed by atoms with Crippen LogP contribution >= 0.6 is 0 Å². The number of morpholine rings is 1. The van der Waals surface area contributed by atoms with E-state index in [9.17, 15) is 5.11 Å². The van der Waals surface area contributed by atoms with Crippen molar-refractivity contribution in [2.24, 2.45) is 0 Å². The van der Waals surface area contributed by atoms with E-state index in [0.717, 1.165) is 6.54 Å². The van der Waals surface area contributed by atoms with E-state index in [2.05, 4.69) is 74.2 Å². The molecule has 8 heteroatoms. The number of hydrogen-bond donors (Lipinski definition) is 2. The minimum absolute atomic E-state index is 0.0453. The smallest absolute Gasteiger partial charge is 0.167 e. The minimum Gasteiger partial charge on any atom is -0.394 e. The summed E-state index contributed by atoms with van der Waals surface area (Å²) in [6, 6.07) is 14.8. The molecule has 2 N–H and O–H groups in total. The number of anilines is 1. The molecule has 164 valence electrons. The number of imidazole rings is 1. The Morgan fingerprint density at radius 3 is 2.88 bits per heavy atom. The molecule has 2 aromatic carbocycles. The number of nitrogens with one attached hydrogen (secondary N) is 1. The Labute approximate surface area is 186 Å². The molecule has 2 aromatic heterocycles. The van der Waals surface area contributed by atoms with Gasteiger partial charge in [-0.3, -0.25) is 9.47 Å². The Kier molecular flexibility index (Phi) is 5.81. The molecule has 32 heavy (non-hydrogen) atoms. The third kappa shape index (κ3) is 3.95. The molecular weight excluding hydrogens is 404 g/mol. The van der Waals surface area contributed by atoms with Gasteiger partial charge in [-0.2, -0.15) is 0 Å². The van der Waals surface area contributed by atoms with Crippen molar-refractivity contribution < 1.29 is 9.84 Å². The summed E-state index contributed by atoms with van der Waals surface area (Å²) in [7, 11) is 0. The van der Waals surface area contributed by atoms with E-state index in [1.165, 1.54) is 22.7 Å². The van der Waals surface area contributed by atoms with Gasteiger partial charge in [-0.1, -0.05) is 48.5 Å². The highest BCUT2D eigenvalue weighted by Crippen LogP contribution is 2.28. The SMILES string of the molecule is C=CCNc1ncnc2c1ncn2[C@H]1CN(Cc2cccc3ccccc23)C[C@@H](CO)O1. The highest BCUT2D eigenvalue weighted by molar-refractivity contribution is 5.85. The number of rotatable bonds is 7. The first-order valence-corrected chi connectivity index (χ1v) is 10.7. The second-order valence-corrected chi connectivity index (χ2v) is 7.94. The van der Waals surface area contributed by atoms with Crippen LogP contribution in [0.25, 0.3) is 21.9 Å². The molecule has 8 nitrogen and oxygen atoms in total. The number of aromatic nitrogens is 4. The molecular formula is C24H26N6O2. The fourth-order valence-electron chi connectivity index (χ4n) is 4.31. The molecule has 0 unspecified atom stereocenters. The van der Waals surface area contributed by atoms with Crippen LogP contribution in [0.2, 0.25) is 0 Å². The highest BCUT2D eigenvalue weighted by Gasteiger charge is 2.30. The molecule has 0 amide bonds. The van der Waals surface area contributed by atoms with E-state index in [4.69, 9.17) is 4.74 Å². The van der Waals surface area contributed by atoms with Crippen LogP contribution in [0.4, 0.5) is 5.82 Å². The zero-order valence-corrected chi connectivity index (χ0v) is 17.8. The molecule has 0 spiro atoms. The Morgan fingerprint density at radius 1 is 1.12 bits per heavy atom. The van der Waals surface area contributed by atoms with Crippen LogP contribution in [-0.4, -0.2) is 61.9 Å². The van der Waals surface area contributed by atoms with E-state index in [-0.39, 0.29) is 18.9 Å². The summed E-state index contributed by atoms with van der Waals surface area (Å²) < 4.78 is 8.12. The van der Waals surface area contributed by atoms with Crippen LogP contribution in [-0.2, 0) is 11.3 Å². The number of fused-ring (bicyclic) bond motifs is 2. The van der Waals surface area contributed by atoms with Crippen LogP contribution < -0.4 is 5.32 Å². The summed E-state index contributed by atoms with van der Waals surface area (Å²) in [4.78, 5) is 15.6. The minimum atomic E-state index is -0.317. The predicted molar refractivity (Wildman–Crippen MR) is 124 cm³/mol. The van der Waals surface area contributed by atoms with Gasteiger partial charge in [-0.05, 0) is 16.3 Å². The van der Waals surface area contributed by atoms with Gasteiger partial charge in [0.25, 0.3) is 0 Å². The molecule has 1 aliphatic rings. The van der Waals surface area contributed by atoms with Gasteiger partial charge in [0.05, 0.1) is 19.0 Å². The average molecular weight is 431 g/mol. The fourth-order valence-corrected chi connectivity index (χ4v) is 4.31. The number of nitrogens with zero attached hydrogens (tertiary/aromatic N) is 5. The van der Waals surface area contributed by atoms with Crippen molar-refractivity contribution in [1.29, 1.82) is 0 Å². The van der Waals surface area contributed by atoms with Crippen LogP contribution in [0.15, 0.2) is 67.8 Å². The molecule has 0 aliphatic carbocycles. The Bertz CT molecular complexity index is 1230. The zero-order valence-electron chi connectivity index (χ0n) is 17.8. The summed E-state index contributed by atoms with van der Waals surface area (Å²) in [6.45, 7) is 6.36. The van der Waals surface area contributed by atoms with Crippen molar-refractivity contribution in [2.75, 3.05) is 31.6 Å². The van der Waals surface area contributed by atoms with E-state index < -0.39 is 0 Å². The molecule has 1 saturated heterocycles. The first-order valence-electron chi connectivity index (χ1n) is 10.7. The first-order chi connectivity index (χ1) is 15.8. The maximum Gasteiger partial charge on any atom is 0.167 e. The predicted octanol–water partition coefficient (Wildman–Crippen LogP) is 2.97. The Hall–Kier alpha value is -3.33. The topological polar surface area (TPSA) is 88.3 Å². The number of hydrogen-bond acceptors (Lipinski definition) is 7. The largest absolute Gasteiger partial charge is 0.394 e. The standard InChI is InChI=1S/C24H26N6O2/c1-2-10-25-23-22-24(27-15-26-23)30(16-28-22)21-13-29(12-19(14-31)32-21)11-18-8-5-7-17-6-3-4-9-20(17)18/h2-9,15-16,19,21,31H,1,10-14H2,(H,25,26,27)/t19-,21+/m0/s1. The highest BCUT2D eigenvalue weighted by atomic mass is 16.5. The molecule has 5 rings (SSSR count). The lowest BCUT2D eigenvalue weighted by Crippen LogP contribution is -2.46. The van der Waals surface area contributed by atoms with Gasteiger partial charge >= 0.3 is 0 Å². The lowest BCUT2D eigenvalue weighted by Gasteiger charge is -2.38. The second kappa shape index (κ2) is 9.04. The van der Waals surface area contributed by atoms with Gasteiger partial charge in [0, 0.05) is 26.2 Å². The van der Waals surface area contributed by atoms with E-state index in [1.807, 2.05) is 4.57 Å². The molecule has 2 atom stereocenters. The van der Waals surface area contributed by atoms with Crippen LogP contribution in [0.5, 0.6) is 0 Å². The lowest BCUT2D eigenvalue weighted by molar-refractivity contribution is -0.135. The van der Waals surface area contributed by atoms with Gasteiger partial charge in [0.2, 0.25) is 0 Å². The summed E-state index contributed by atoms with van der Waals surface area (Å²) >= 11 is 0. The Morgan fingerprint density at radius 2 is 2.00 bits per heavy atom. The van der Waals surface area contributed by atoms with Crippen molar-refractivity contribution in [3.8, 4) is 0 Å². The van der Waals surface area contributed by atoms with Crippen molar-refractivity contribution in [3.63, 3.8) is 0 Å². The molecule has 1 fully saturated rings. The monoisotopic (exact) mass is 430 g/mol. The maximum absolute atomic E-state index is 9.89. The fraction of sp³-hybridized carbons (Fsp3) is 0.292. The zero-order chi connectivity index (χ0) is 21.9. The van der Waals surface area contributed by atoms with Crippen LogP contribution in [0.1, 0.15) is 11.8 Å². The van der Waals surface area contributed by atoms with Crippen LogP contribution in [0, 0.1) is 0 Å². The number of ether oxygens (including phenoxy) is 1. The van der Waals surface area contributed by atoms with E-state index >= 15 is 0 Å².